The minimum atomic E-state index is 0.139. The van der Waals surface area contributed by atoms with Gasteiger partial charge in [0.1, 0.15) is 0 Å². The number of hydrogen-bond donors (Lipinski definition) is 2. The van der Waals surface area contributed by atoms with Crippen LogP contribution in [0.2, 0.25) is 10.0 Å². The summed E-state index contributed by atoms with van der Waals surface area (Å²) >= 11 is 11.9. The summed E-state index contributed by atoms with van der Waals surface area (Å²) in [6, 6.07) is 10.5. The van der Waals surface area contributed by atoms with E-state index < -0.39 is 0 Å². The Morgan fingerprint density at radius 1 is 1.15 bits per heavy atom. The van der Waals surface area contributed by atoms with Gasteiger partial charge in [-0.25, -0.2) is 0 Å². The van der Waals surface area contributed by atoms with Gasteiger partial charge in [0.25, 0.3) is 0 Å². The van der Waals surface area contributed by atoms with Crippen molar-refractivity contribution in [3.8, 4) is 11.5 Å². The van der Waals surface area contributed by atoms with Crippen LogP contribution in [0.1, 0.15) is 12.5 Å². The fourth-order valence-corrected chi connectivity index (χ4v) is 2.25. The van der Waals surface area contributed by atoms with Gasteiger partial charge in [0.15, 0.2) is 11.5 Å². The largest absolute Gasteiger partial charge is 0.504 e. The molecule has 106 valence electrons. The van der Waals surface area contributed by atoms with Crippen molar-refractivity contribution in [1.82, 2.24) is 0 Å². The number of phenolic OH excluding ortho intramolecular Hbond substituents is 1. The average Bonchev–Trinajstić information content (AvgIpc) is 2.41. The van der Waals surface area contributed by atoms with Gasteiger partial charge in [0.05, 0.1) is 17.3 Å². The Kier molecular flexibility index (Phi) is 4.99. The zero-order valence-corrected chi connectivity index (χ0v) is 12.5. The van der Waals surface area contributed by atoms with Crippen LogP contribution in [0.15, 0.2) is 36.4 Å². The minimum absolute atomic E-state index is 0.139. The topological polar surface area (TPSA) is 41.5 Å². The predicted molar refractivity (Wildman–Crippen MR) is 83.1 cm³/mol. The molecule has 0 saturated carbocycles. The maximum atomic E-state index is 9.64. The lowest BCUT2D eigenvalue weighted by Crippen LogP contribution is -2.01. The lowest BCUT2D eigenvalue weighted by Gasteiger charge is -2.11. The fourth-order valence-electron chi connectivity index (χ4n) is 1.77. The van der Waals surface area contributed by atoms with Crippen molar-refractivity contribution in [3.05, 3.63) is 52.0 Å². The van der Waals surface area contributed by atoms with Gasteiger partial charge in [0.2, 0.25) is 0 Å². The van der Waals surface area contributed by atoms with Crippen LogP contribution in [0, 0.1) is 0 Å². The highest BCUT2D eigenvalue weighted by atomic mass is 35.5. The summed E-state index contributed by atoms with van der Waals surface area (Å²) in [5.41, 5.74) is 1.79. The molecule has 0 aliphatic carbocycles. The van der Waals surface area contributed by atoms with Gasteiger partial charge >= 0.3 is 0 Å². The Balaban J connectivity index is 2.08. The summed E-state index contributed by atoms with van der Waals surface area (Å²) < 4.78 is 5.35. The molecule has 0 radical (unpaired) electrons. The monoisotopic (exact) mass is 311 g/mol. The van der Waals surface area contributed by atoms with Gasteiger partial charge in [-0.2, -0.15) is 0 Å². The van der Waals surface area contributed by atoms with Crippen molar-refractivity contribution in [2.45, 2.75) is 13.5 Å². The van der Waals surface area contributed by atoms with E-state index >= 15 is 0 Å². The van der Waals surface area contributed by atoms with E-state index in [1.807, 2.05) is 19.1 Å². The number of aromatic hydroxyl groups is 1. The summed E-state index contributed by atoms with van der Waals surface area (Å²) in [6.07, 6.45) is 0. The van der Waals surface area contributed by atoms with Crippen LogP contribution < -0.4 is 10.1 Å². The maximum Gasteiger partial charge on any atom is 0.161 e. The standard InChI is InChI=1S/C15H15Cl2NO2/c1-2-20-15-7-10(3-6-14(15)19)9-18-13-5-4-11(16)8-12(13)17/h3-8,18-19H,2,9H2,1H3. The fraction of sp³-hybridized carbons (Fsp3) is 0.200. The molecule has 0 aliphatic heterocycles. The van der Waals surface area contributed by atoms with Crippen LogP contribution in [0.3, 0.4) is 0 Å². The molecule has 2 aromatic carbocycles. The van der Waals surface area contributed by atoms with Gasteiger partial charge in [-0.15, -0.1) is 0 Å². The lowest BCUT2D eigenvalue weighted by atomic mass is 10.2. The molecule has 3 nitrogen and oxygen atoms in total. The van der Waals surface area contributed by atoms with Crippen molar-refractivity contribution < 1.29 is 9.84 Å². The zero-order chi connectivity index (χ0) is 14.5. The van der Waals surface area contributed by atoms with Crippen molar-refractivity contribution in [3.63, 3.8) is 0 Å². The van der Waals surface area contributed by atoms with E-state index in [1.165, 1.54) is 0 Å². The lowest BCUT2D eigenvalue weighted by molar-refractivity contribution is 0.318. The van der Waals surface area contributed by atoms with Gasteiger partial charge < -0.3 is 15.2 Å². The summed E-state index contributed by atoms with van der Waals surface area (Å²) in [7, 11) is 0. The first-order chi connectivity index (χ1) is 9.60. The SMILES string of the molecule is CCOc1cc(CNc2ccc(Cl)cc2Cl)ccc1O. The van der Waals surface area contributed by atoms with Crippen LogP contribution in [0.5, 0.6) is 11.5 Å². The number of nitrogens with one attached hydrogen (secondary N) is 1. The molecule has 2 N–H and O–H groups in total. The zero-order valence-electron chi connectivity index (χ0n) is 11.0. The first kappa shape index (κ1) is 14.8. The number of anilines is 1. The van der Waals surface area contributed by atoms with Crippen molar-refractivity contribution in [2.75, 3.05) is 11.9 Å². The molecule has 2 aromatic rings. The second-order valence-electron chi connectivity index (χ2n) is 4.21. The second kappa shape index (κ2) is 6.73. The van der Waals surface area contributed by atoms with Crippen molar-refractivity contribution >= 4 is 28.9 Å². The van der Waals surface area contributed by atoms with Crippen molar-refractivity contribution in [2.24, 2.45) is 0 Å². The maximum absolute atomic E-state index is 9.64. The Bertz CT molecular complexity index is 602. The first-order valence-corrected chi connectivity index (χ1v) is 6.99. The normalized spacial score (nSPS) is 10.3. The number of benzene rings is 2. The molecule has 2 rings (SSSR count). The van der Waals surface area contributed by atoms with E-state index in [0.29, 0.717) is 28.9 Å². The second-order valence-corrected chi connectivity index (χ2v) is 5.06. The quantitative estimate of drug-likeness (QED) is 0.840. The van der Waals surface area contributed by atoms with Gasteiger partial charge in [0, 0.05) is 11.6 Å². The van der Waals surface area contributed by atoms with E-state index in [4.69, 9.17) is 27.9 Å². The molecular formula is C15H15Cl2NO2. The van der Waals surface area contributed by atoms with Crippen molar-refractivity contribution in [1.29, 1.82) is 0 Å². The third-order valence-corrected chi connectivity index (χ3v) is 3.29. The molecule has 0 unspecified atom stereocenters. The van der Waals surface area contributed by atoms with Crippen LogP contribution in [-0.4, -0.2) is 11.7 Å². The Hall–Kier alpha value is -1.58. The number of halogens is 2. The highest BCUT2D eigenvalue weighted by Gasteiger charge is 2.05. The van der Waals surface area contributed by atoms with E-state index in [9.17, 15) is 5.11 Å². The molecule has 0 atom stereocenters. The number of ether oxygens (including phenoxy) is 1. The highest BCUT2D eigenvalue weighted by molar-refractivity contribution is 6.36. The Morgan fingerprint density at radius 3 is 2.65 bits per heavy atom. The van der Waals surface area contributed by atoms with Gasteiger partial charge in [-0.3, -0.25) is 0 Å². The van der Waals surface area contributed by atoms with E-state index in [0.717, 1.165) is 11.3 Å². The summed E-state index contributed by atoms with van der Waals surface area (Å²) in [5.74, 6) is 0.620. The van der Waals surface area contributed by atoms with Gasteiger partial charge in [-0.05, 0) is 42.8 Å². The molecule has 0 aliphatic rings. The molecule has 0 bridgehead atoms. The predicted octanol–water partition coefficient (Wildman–Crippen LogP) is 4.71. The molecule has 5 heteroatoms. The molecule has 0 aromatic heterocycles. The van der Waals surface area contributed by atoms with E-state index in [-0.39, 0.29) is 5.75 Å². The average molecular weight is 312 g/mol. The molecule has 20 heavy (non-hydrogen) atoms. The van der Waals surface area contributed by atoms with Crippen LogP contribution >= 0.6 is 23.2 Å². The summed E-state index contributed by atoms with van der Waals surface area (Å²) in [4.78, 5) is 0. The van der Waals surface area contributed by atoms with E-state index in [2.05, 4.69) is 5.32 Å². The first-order valence-electron chi connectivity index (χ1n) is 6.23. The van der Waals surface area contributed by atoms with Crippen LogP contribution in [0.25, 0.3) is 0 Å². The van der Waals surface area contributed by atoms with Gasteiger partial charge in [-0.1, -0.05) is 29.3 Å². The third kappa shape index (κ3) is 3.71. The molecular weight excluding hydrogens is 297 g/mol. The number of hydrogen-bond acceptors (Lipinski definition) is 3. The van der Waals surface area contributed by atoms with E-state index in [1.54, 1.807) is 24.3 Å². The molecule has 0 spiro atoms. The molecule has 0 fully saturated rings. The smallest absolute Gasteiger partial charge is 0.161 e. The van der Waals surface area contributed by atoms with Crippen LogP contribution in [0.4, 0.5) is 5.69 Å². The molecule has 0 amide bonds. The minimum Gasteiger partial charge on any atom is -0.504 e. The summed E-state index contributed by atoms with van der Waals surface area (Å²) in [5, 5.41) is 14.0. The third-order valence-electron chi connectivity index (χ3n) is 2.74. The Labute approximate surface area is 128 Å². The molecule has 0 heterocycles. The number of rotatable bonds is 5. The highest BCUT2D eigenvalue weighted by Crippen LogP contribution is 2.29. The van der Waals surface area contributed by atoms with Crippen LogP contribution in [-0.2, 0) is 6.54 Å². The Morgan fingerprint density at radius 2 is 1.95 bits per heavy atom. The summed E-state index contributed by atoms with van der Waals surface area (Å²) in [6.45, 7) is 2.95. The number of phenols is 1. The molecule has 0 saturated heterocycles.